The van der Waals surface area contributed by atoms with E-state index in [-0.39, 0.29) is 0 Å². The highest BCUT2D eigenvalue weighted by atomic mass is 32.2. The first kappa shape index (κ1) is 9.33. The Balaban J connectivity index is 2.58. The summed E-state index contributed by atoms with van der Waals surface area (Å²) < 4.78 is 0. The number of carbonyl (C=O) groups excluding carboxylic acids is 1. The van der Waals surface area contributed by atoms with Crippen molar-refractivity contribution in [2.75, 3.05) is 12.0 Å². The molecular weight excluding hydrogens is 168 g/mol. The molecule has 0 aliphatic rings. The van der Waals surface area contributed by atoms with Gasteiger partial charge >= 0.3 is 0 Å². The smallest absolute Gasteiger partial charge is 0.150 e. The minimum Gasteiger partial charge on any atom is -0.298 e. The van der Waals surface area contributed by atoms with Gasteiger partial charge in [-0.05, 0) is 24.0 Å². The average molecular weight is 180 g/mol. The number of aryl methyl sites for hydroxylation is 1. The molecule has 0 saturated heterocycles. The van der Waals surface area contributed by atoms with Crippen LogP contribution in [0.1, 0.15) is 15.9 Å². The molecule has 64 valence electrons. The van der Waals surface area contributed by atoms with Crippen molar-refractivity contribution in [3.63, 3.8) is 0 Å². The summed E-state index contributed by atoms with van der Waals surface area (Å²) in [6, 6.07) is 7.76. The second-order valence-electron chi connectivity index (χ2n) is 2.60. The van der Waals surface area contributed by atoms with Crippen LogP contribution in [0.3, 0.4) is 0 Å². The third-order valence-corrected chi connectivity index (χ3v) is 2.32. The molecule has 0 bridgehead atoms. The highest BCUT2D eigenvalue weighted by Crippen LogP contribution is 2.05. The Morgan fingerprint density at radius 1 is 1.33 bits per heavy atom. The van der Waals surface area contributed by atoms with Crippen molar-refractivity contribution >= 4 is 18.0 Å². The van der Waals surface area contributed by atoms with Crippen molar-refractivity contribution in [3.05, 3.63) is 35.4 Å². The molecule has 0 unspecified atom stereocenters. The summed E-state index contributed by atoms with van der Waals surface area (Å²) in [5.41, 5.74) is 2.05. The molecule has 0 N–H and O–H groups in total. The van der Waals surface area contributed by atoms with Crippen molar-refractivity contribution in [3.8, 4) is 0 Å². The Hall–Kier alpha value is -0.760. The van der Waals surface area contributed by atoms with Crippen LogP contribution in [0, 0.1) is 0 Å². The van der Waals surface area contributed by atoms with E-state index in [0.29, 0.717) is 0 Å². The third-order valence-electron chi connectivity index (χ3n) is 1.71. The Kier molecular flexibility index (Phi) is 3.88. The number of hydrogen-bond acceptors (Lipinski definition) is 2. The van der Waals surface area contributed by atoms with Gasteiger partial charge < -0.3 is 0 Å². The largest absolute Gasteiger partial charge is 0.298 e. The van der Waals surface area contributed by atoms with Crippen LogP contribution in [-0.4, -0.2) is 18.3 Å². The van der Waals surface area contributed by atoms with Gasteiger partial charge in [0, 0.05) is 5.56 Å². The van der Waals surface area contributed by atoms with Gasteiger partial charge in [0.15, 0.2) is 0 Å². The molecule has 0 radical (unpaired) electrons. The van der Waals surface area contributed by atoms with Crippen LogP contribution in [0.15, 0.2) is 24.3 Å². The van der Waals surface area contributed by atoms with E-state index < -0.39 is 0 Å². The van der Waals surface area contributed by atoms with Crippen molar-refractivity contribution < 1.29 is 4.79 Å². The average Bonchev–Trinajstić information content (AvgIpc) is 2.15. The van der Waals surface area contributed by atoms with Gasteiger partial charge in [-0.3, -0.25) is 4.79 Å². The van der Waals surface area contributed by atoms with Gasteiger partial charge in [-0.2, -0.15) is 11.8 Å². The summed E-state index contributed by atoms with van der Waals surface area (Å²) in [5.74, 6) is 1.14. The van der Waals surface area contributed by atoms with Crippen LogP contribution in [0.2, 0.25) is 0 Å². The van der Waals surface area contributed by atoms with E-state index in [0.717, 1.165) is 24.0 Å². The Bertz CT molecular complexity index is 241. The van der Waals surface area contributed by atoms with E-state index in [1.165, 1.54) is 5.56 Å². The fraction of sp³-hybridized carbons (Fsp3) is 0.300. The molecule has 0 aliphatic carbocycles. The molecule has 0 amide bonds. The maximum absolute atomic E-state index is 10.3. The maximum atomic E-state index is 10.3. The zero-order valence-corrected chi connectivity index (χ0v) is 7.93. The Labute approximate surface area is 77.2 Å². The number of hydrogen-bond donors (Lipinski definition) is 0. The molecule has 12 heavy (non-hydrogen) atoms. The van der Waals surface area contributed by atoms with Gasteiger partial charge in [-0.1, -0.05) is 24.3 Å². The molecule has 0 aromatic heterocycles. The zero-order chi connectivity index (χ0) is 8.81. The lowest BCUT2D eigenvalue weighted by Crippen LogP contribution is -1.88. The lowest BCUT2D eigenvalue weighted by molar-refractivity contribution is 0.112. The summed E-state index contributed by atoms with van der Waals surface area (Å²) in [6.45, 7) is 0. The van der Waals surface area contributed by atoms with Crippen molar-refractivity contribution in [2.24, 2.45) is 0 Å². The molecule has 1 nitrogen and oxygen atoms in total. The molecule has 0 heterocycles. The predicted octanol–water partition coefficient (Wildman–Crippen LogP) is 2.40. The van der Waals surface area contributed by atoms with Crippen molar-refractivity contribution in [2.45, 2.75) is 6.42 Å². The quantitative estimate of drug-likeness (QED) is 0.662. The van der Waals surface area contributed by atoms with Gasteiger partial charge in [0.25, 0.3) is 0 Å². The first-order valence-corrected chi connectivity index (χ1v) is 5.29. The summed E-state index contributed by atoms with van der Waals surface area (Å²) in [4.78, 5) is 10.3. The molecule has 0 saturated carbocycles. The molecule has 1 aromatic rings. The summed E-state index contributed by atoms with van der Waals surface area (Å²) in [5, 5.41) is 0. The van der Waals surface area contributed by atoms with Gasteiger partial charge in [-0.15, -0.1) is 0 Å². The Morgan fingerprint density at radius 2 is 2.00 bits per heavy atom. The maximum Gasteiger partial charge on any atom is 0.150 e. The van der Waals surface area contributed by atoms with Crippen molar-refractivity contribution in [1.82, 2.24) is 0 Å². The fourth-order valence-electron chi connectivity index (χ4n) is 0.983. The van der Waals surface area contributed by atoms with Crippen molar-refractivity contribution in [1.29, 1.82) is 0 Å². The second kappa shape index (κ2) is 4.99. The summed E-state index contributed by atoms with van der Waals surface area (Å²) >= 11 is 1.84. The number of carbonyl (C=O) groups is 1. The lowest BCUT2D eigenvalue weighted by atomic mass is 10.1. The van der Waals surface area contributed by atoms with E-state index in [4.69, 9.17) is 0 Å². The van der Waals surface area contributed by atoms with Crippen LogP contribution in [0.5, 0.6) is 0 Å². The molecular formula is C10H12OS. The first-order valence-electron chi connectivity index (χ1n) is 3.90. The van der Waals surface area contributed by atoms with E-state index in [9.17, 15) is 4.79 Å². The van der Waals surface area contributed by atoms with E-state index in [1.807, 2.05) is 36.0 Å². The molecule has 0 aliphatic heterocycles. The van der Waals surface area contributed by atoms with Gasteiger partial charge in [-0.25, -0.2) is 0 Å². The predicted molar refractivity (Wildman–Crippen MR) is 53.9 cm³/mol. The normalized spacial score (nSPS) is 9.75. The van der Waals surface area contributed by atoms with Crippen LogP contribution in [-0.2, 0) is 6.42 Å². The summed E-state index contributed by atoms with van der Waals surface area (Å²) in [7, 11) is 0. The molecule has 1 rings (SSSR count). The first-order chi connectivity index (χ1) is 5.86. The second-order valence-corrected chi connectivity index (χ2v) is 3.59. The Morgan fingerprint density at radius 3 is 2.50 bits per heavy atom. The highest BCUT2D eigenvalue weighted by molar-refractivity contribution is 7.98. The topological polar surface area (TPSA) is 17.1 Å². The molecule has 2 heteroatoms. The molecule has 0 spiro atoms. The fourth-order valence-corrected chi connectivity index (χ4v) is 1.42. The monoisotopic (exact) mass is 180 g/mol. The van der Waals surface area contributed by atoms with E-state index >= 15 is 0 Å². The van der Waals surface area contributed by atoms with E-state index in [2.05, 4.69) is 6.26 Å². The lowest BCUT2D eigenvalue weighted by Gasteiger charge is -1.98. The number of rotatable bonds is 4. The highest BCUT2D eigenvalue weighted by Gasteiger charge is 1.92. The van der Waals surface area contributed by atoms with Crippen LogP contribution in [0.25, 0.3) is 0 Å². The van der Waals surface area contributed by atoms with Crippen LogP contribution in [0.4, 0.5) is 0 Å². The minimum atomic E-state index is 0.753. The van der Waals surface area contributed by atoms with Gasteiger partial charge in [0.05, 0.1) is 0 Å². The zero-order valence-electron chi connectivity index (χ0n) is 7.12. The van der Waals surface area contributed by atoms with Crippen LogP contribution < -0.4 is 0 Å². The molecule has 0 atom stereocenters. The molecule has 0 fully saturated rings. The number of benzene rings is 1. The summed E-state index contributed by atoms with van der Waals surface area (Å²) in [6.07, 6.45) is 4.05. The third kappa shape index (κ3) is 2.70. The number of aldehydes is 1. The van der Waals surface area contributed by atoms with E-state index in [1.54, 1.807) is 0 Å². The van der Waals surface area contributed by atoms with Gasteiger partial charge in [0.1, 0.15) is 6.29 Å². The minimum absolute atomic E-state index is 0.753. The standard InChI is InChI=1S/C10H12OS/c1-12-7-6-9-2-4-10(8-11)5-3-9/h2-5,8H,6-7H2,1H3. The number of thioether (sulfide) groups is 1. The molecule has 1 aromatic carbocycles. The SMILES string of the molecule is CSCCc1ccc(C=O)cc1. The van der Waals surface area contributed by atoms with Crippen LogP contribution >= 0.6 is 11.8 Å². The van der Waals surface area contributed by atoms with Gasteiger partial charge in [0.2, 0.25) is 0 Å².